The predicted octanol–water partition coefficient (Wildman–Crippen LogP) is 4.33. The van der Waals surface area contributed by atoms with Crippen molar-refractivity contribution in [1.29, 1.82) is 0 Å². The summed E-state index contributed by atoms with van der Waals surface area (Å²) in [5.74, 6) is -4.82. The molecule has 3 nitrogen and oxygen atoms in total. The van der Waals surface area contributed by atoms with Crippen LogP contribution < -0.4 is 5.32 Å². The molecule has 0 atom stereocenters. The van der Waals surface area contributed by atoms with E-state index in [1.54, 1.807) is 11.9 Å². The number of anilines is 1. The van der Waals surface area contributed by atoms with Crippen LogP contribution in [-0.4, -0.2) is 24.4 Å². The van der Waals surface area contributed by atoms with Gasteiger partial charge in [0.1, 0.15) is 0 Å². The molecule has 0 radical (unpaired) electrons. The van der Waals surface area contributed by atoms with Crippen molar-refractivity contribution in [2.24, 2.45) is 0 Å². The topological polar surface area (TPSA) is 32.3 Å². The van der Waals surface area contributed by atoms with Crippen LogP contribution in [0, 0.1) is 17.5 Å². The first-order chi connectivity index (χ1) is 12.4. The number of nitrogens with one attached hydrogen (secondary N) is 1. The number of likely N-dealkylation sites (N-methyl/N-ethyl adjacent to an activating group) is 1. The maximum Gasteiger partial charge on any atom is 0.238 e. The van der Waals surface area contributed by atoms with Gasteiger partial charge in [0.25, 0.3) is 0 Å². The van der Waals surface area contributed by atoms with Crippen LogP contribution in [0.15, 0.2) is 54.6 Å². The first-order valence-electron chi connectivity index (χ1n) is 8.03. The molecule has 26 heavy (non-hydrogen) atoms. The molecule has 0 saturated heterocycles. The molecule has 0 bridgehead atoms. The molecule has 0 aromatic heterocycles. The Morgan fingerprint density at radius 1 is 0.962 bits per heavy atom. The smallest absolute Gasteiger partial charge is 0.238 e. The maximum atomic E-state index is 13.6. The van der Waals surface area contributed by atoms with E-state index in [9.17, 15) is 18.0 Å². The molecule has 0 aliphatic carbocycles. The Kier molecular flexibility index (Phi) is 5.23. The van der Waals surface area contributed by atoms with Crippen molar-refractivity contribution in [1.82, 2.24) is 4.90 Å². The average molecular weight is 358 g/mol. The van der Waals surface area contributed by atoms with Crippen LogP contribution in [0.1, 0.15) is 5.56 Å². The number of nitrogens with zero attached hydrogens (tertiary/aromatic N) is 1. The molecule has 0 saturated carbocycles. The standard InChI is InChI=1S/C20H17F3N2O/c1-25(11-13-6-7-14-4-2-3-5-15(14)10-13)12-18(26)24-17-9-8-16(21)19(22)20(17)23/h2-10H,11-12H2,1H3,(H,24,26). The van der Waals surface area contributed by atoms with Crippen molar-refractivity contribution in [3.63, 3.8) is 0 Å². The molecule has 0 aliphatic rings. The Morgan fingerprint density at radius 3 is 2.46 bits per heavy atom. The van der Waals surface area contributed by atoms with E-state index in [0.29, 0.717) is 6.54 Å². The second-order valence-electron chi connectivity index (χ2n) is 6.12. The summed E-state index contributed by atoms with van der Waals surface area (Å²) < 4.78 is 39.7. The van der Waals surface area contributed by atoms with Gasteiger partial charge in [0.15, 0.2) is 17.5 Å². The highest BCUT2D eigenvalue weighted by atomic mass is 19.2. The van der Waals surface area contributed by atoms with E-state index >= 15 is 0 Å². The van der Waals surface area contributed by atoms with Gasteiger partial charge < -0.3 is 5.32 Å². The summed E-state index contributed by atoms with van der Waals surface area (Å²) >= 11 is 0. The number of hydrogen-bond donors (Lipinski definition) is 1. The fraction of sp³-hybridized carbons (Fsp3) is 0.150. The van der Waals surface area contributed by atoms with Gasteiger partial charge in [0, 0.05) is 6.54 Å². The van der Waals surface area contributed by atoms with Crippen LogP contribution in [0.3, 0.4) is 0 Å². The summed E-state index contributed by atoms with van der Waals surface area (Å²) in [6.45, 7) is 0.490. The fourth-order valence-corrected chi connectivity index (χ4v) is 2.76. The number of halogens is 3. The zero-order valence-corrected chi connectivity index (χ0v) is 14.1. The Morgan fingerprint density at radius 2 is 1.69 bits per heavy atom. The monoisotopic (exact) mass is 358 g/mol. The highest BCUT2D eigenvalue weighted by molar-refractivity contribution is 5.92. The molecule has 3 rings (SSSR count). The van der Waals surface area contributed by atoms with Crippen LogP contribution in [0.4, 0.5) is 18.9 Å². The van der Waals surface area contributed by atoms with Crippen LogP contribution in [0.5, 0.6) is 0 Å². The summed E-state index contributed by atoms with van der Waals surface area (Å²) in [6.07, 6.45) is 0. The third-order valence-electron chi connectivity index (χ3n) is 3.99. The van der Waals surface area contributed by atoms with E-state index in [1.165, 1.54) is 0 Å². The number of hydrogen-bond acceptors (Lipinski definition) is 2. The summed E-state index contributed by atoms with van der Waals surface area (Å²) in [4.78, 5) is 13.8. The third kappa shape index (κ3) is 4.03. The number of amides is 1. The Labute approximate surface area is 149 Å². The van der Waals surface area contributed by atoms with Crippen LogP contribution in [0.2, 0.25) is 0 Å². The lowest BCUT2D eigenvalue weighted by atomic mass is 10.1. The van der Waals surface area contributed by atoms with Crippen molar-refractivity contribution in [3.05, 3.63) is 77.6 Å². The van der Waals surface area contributed by atoms with Crippen LogP contribution in [0.25, 0.3) is 10.8 Å². The van der Waals surface area contributed by atoms with Crippen molar-refractivity contribution in [3.8, 4) is 0 Å². The zero-order valence-electron chi connectivity index (χ0n) is 14.1. The van der Waals surface area contributed by atoms with Crippen molar-refractivity contribution in [2.45, 2.75) is 6.54 Å². The van der Waals surface area contributed by atoms with E-state index in [4.69, 9.17) is 0 Å². The van der Waals surface area contributed by atoms with Gasteiger partial charge in [-0.15, -0.1) is 0 Å². The van der Waals surface area contributed by atoms with Gasteiger partial charge in [0.2, 0.25) is 5.91 Å². The van der Waals surface area contributed by atoms with Crippen molar-refractivity contribution < 1.29 is 18.0 Å². The van der Waals surface area contributed by atoms with Gasteiger partial charge in [-0.05, 0) is 41.6 Å². The number of carbonyl (C=O) groups is 1. The number of carbonyl (C=O) groups excluding carboxylic acids is 1. The van der Waals surface area contributed by atoms with Gasteiger partial charge in [0.05, 0.1) is 12.2 Å². The van der Waals surface area contributed by atoms with E-state index in [-0.39, 0.29) is 12.2 Å². The van der Waals surface area contributed by atoms with Gasteiger partial charge in [-0.2, -0.15) is 0 Å². The SMILES string of the molecule is CN(CC(=O)Nc1ccc(F)c(F)c1F)Cc1ccc2ccccc2c1. The largest absolute Gasteiger partial charge is 0.322 e. The van der Waals surface area contributed by atoms with E-state index in [0.717, 1.165) is 28.5 Å². The van der Waals surface area contributed by atoms with Gasteiger partial charge >= 0.3 is 0 Å². The number of rotatable bonds is 5. The lowest BCUT2D eigenvalue weighted by Crippen LogP contribution is -2.30. The molecule has 1 N–H and O–H groups in total. The Bertz CT molecular complexity index is 959. The maximum absolute atomic E-state index is 13.6. The molecule has 6 heteroatoms. The molecular weight excluding hydrogens is 341 g/mol. The number of benzene rings is 3. The summed E-state index contributed by atoms with van der Waals surface area (Å²) in [6, 6.07) is 15.8. The molecule has 0 fully saturated rings. The van der Waals surface area contributed by atoms with E-state index < -0.39 is 23.4 Å². The second kappa shape index (κ2) is 7.58. The minimum Gasteiger partial charge on any atom is -0.322 e. The van der Waals surface area contributed by atoms with E-state index in [2.05, 4.69) is 5.32 Å². The Hall–Kier alpha value is -2.86. The zero-order chi connectivity index (χ0) is 18.7. The average Bonchev–Trinajstić information content (AvgIpc) is 2.62. The number of fused-ring (bicyclic) bond motifs is 1. The predicted molar refractivity (Wildman–Crippen MR) is 95.2 cm³/mol. The highest BCUT2D eigenvalue weighted by Crippen LogP contribution is 2.20. The molecule has 3 aromatic carbocycles. The summed E-state index contributed by atoms with van der Waals surface area (Å²) in [7, 11) is 1.75. The van der Waals surface area contributed by atoms with E-state index in [1.807, 2.05) is 42.5 Å². The second-order valence-corrected chi connectivity index (χ2v) is 6.12. The van der Waals surface area contributed by atoms with Crippen molar-refractivity contribution >= 4 is 22.4 Å². The summed E-state index contributed by atoms with van der Waals surface area (Å²) in [5.41, 5.74) is 0.644. The molecule has 0 spiro atoms. The quantitative estimate of drug-likeness (QED) is 0.689. The lowest BCUT2D eigenvalue weighted by molar-refractivity contribution is -0.117. The minimum atomic E-state index is -1.60. The third-order valence-corrected chi connectivity index (χ3v) is 3.99. The lowest BCUT2D eigenvalue weighted by Gasteiger charge is -2.17. The normalized spacial score (nSPS) is 11.1. The van der Waals surface area contributed by atoms with Crippen LogP contribution in [-0.2, 0) is 11.3 Å². The Balaban J connectivity index is 1.62. The molecule has 1 amide bonds. The molecule has 0 aliphatic heterocycles. The molecular formula is C20H17F3N2O. The van der Waals surface area contributed by atoms with Crippen LogP contribution >= 0.6 is 0 Å². The van der Waals surface area contributed by atoms with Crippen molar-refractivity contribution in [2.75, 3.05) is 18.9 Å². The minimum absolute atomic E-state index is 0.0226. The van der Waals surface area contributed by atoms with Gasteiger partial charge in [-0.1, -0.05) is 36.4 Å². The van der Waals surface area contributed by atoms with Gasteiger partial charge in [-0.3, -0.25) is 9.69 Å². The first-order valence-corrected chi connectivity index (χ1v) is 8.03. The highest BCUT2D eigenvalue weighted by Gasteiger charge is 2.16. The molecule has 134 valence electrons. The molecule has 0 heterocycles. The molecule has 3 aromatic rings. The molecule has 0 unspecified atom stereocenters. The summed E-state index contributed by atoms with van der Waals surface area (Å²) in [5, 5.41) is 4.50. The van der Waals surface area contributed by atoms with Gasteiger partial charge in [-0.25, -0.2) is 13.2 Å². The fourth-order valence-electron chi connectivity index (χ4n) is 2.76. The first kappa shape index (κ1) is 17.9.